The molecule has 2 amide bonds. The molecule has 0 aliphatic carbocycles. The van der Waals surface area contributed by atoms with Crippen LogP contribution in [-0.2, 0) is 16.4 Å². The van der Waals surface area contributed by atoms with Gasteiger partial charge >= 0.3 is 0 Å². The monoisotopic (exact) mass is 333 g/mol. The molecule has 1 aliphatic heterocycles. The zero-order chi connectivity index (χ0) is 16.6. The summed E-state index contributed by atoms with van der Waals surface area (Å²) in [6.07, 6.45) is 1.36. The van der Waals surface area contributed by atoms with Crippen LogP contribution < -0.4 is 5.73 Å². The van der Waals surface area contributed by atoms with Crippen molar-refractivity contribution in [2.24, 2.45) is 5.73 Å². The second kappa shape index (κ2) is 5.54. The number of carbonyl (C=O) groups excluding carboxylic acids is 2. The smallest absolute Gasteiger partial charge is 0.270 e. The van der Waals surface area contributed by atoms with Crippen molar-refractivity contribution in [1.82, 2.24) is 9.88 Å². The van der Waals surface area contributed by atoms with E-state index in [0.29, 0.717) is 5.56 Å². The van der Waals surface area contributed by atoms with Crippen molar-refractivity contribution in [3.05, 3.63) is 53.3 Å². The number of aromatic nitrogens is 1. The van der Waals surface area contributed by atoms with Gasteiger partial charge in [-0.05, 0) is 17.7 Å². The van der Waals surface area contributed by atoms with Gasteiger partial charge in [0.2, 0.25) is 5.91 Å². The highest BCUT2D eigenvalue weighted by Crippen LogP contribution is 2.23. The number of carbonyl (C=O) groups is 2. The maximum atomic E-state index is 12.6. The minimum absolute atomic E-state index is 0.0841. The highest BCUT2D eigenvalue weighted by atomic mass is 32.2. The third-order valence-electron chi connectivity index (χ3n) is 3.78. The number of sulfone groups is 1. The van der Waals surface area contributed by atoms with Crippen LogP contribution in [0.2, 0.25) is 0 Å². The second-order valence-corrected chi connectivity index (χ2v) is 7.40. The Labute approximate surface area is 133 Å². The lowest BCUT2D eigenvalue weighted by molar-refractivity contribution is 0.0749. The quantitative estimate of drug-likeness (QED) is 0.835. The van der Waals surface area contributed by atoms with Crippen molar-refractivity contribution in [2.45, 2.75) is 11.4 Å². The number of benzene rings is 1. The molecule has 3 rings (SSSR count). The van der Waals surface area contributed by atoms with Crippen LogP contribution in [0.1, 0.15) is 26.4 Å². The second-order valence-electron chi connectivity index (χ2n) is 5.32. The summed E-state index contributed by atoms with van der Waals surface area (Å²) in [4.78, 5) is 28.1. The van der Waals surface area contributed by atoms with Crippen LogP contribution in [0.25, 0.3) is 0 Å². The molecule has 0 atom stereocenters. The summed E-state index contributed by atoms with van der Waals surface area (Å²) in [5.74, 6) is -1.15. The molecule has 1 aliphatic rings. The molecule has 0 saturated carbocycles. The summed E-state index contributed by atoms with van der Waals surface area (Å²) in [5.41, 5.74) is 6.16. The summed E-state index contributed by atoms with van der Waals surface area (Å²) in [6, 6.07) is 8.02. The first-order valence-electron chi connectivity index (χ1n) is 6.96. The number of aromatic amines is 1. The van der Waals surface area contributed by atoms with Gasteiger partial charge in [0.1, 0.15) is 5.69 Å². The van der Waals surface area contributed by atoms with Gasteiger partial charge < -0.3 is 15.6 Å². The lowest BCUT2D eigenvalue weighted by Gasteiger charge is -2.19. The van der Waals surface area contributed by atoms with Gasteiger partial charge in [0, 0.05) is 19.3 Å². The lowest BCUT2D eigenvalue weighted by atomic mass is 10.2. The number of nitrogens with zero attached hydrogens (tertiary/aromatic N) is 1. The highest BCUT2D eigenvalue weighted by Gasteiger charge is 2.28. The van der Waals surface area contributed by atoms with E-state index in [9.17, 15) is 18.0 Å². The number of rotatable bonds is 2. The van der Waals surface area contributed by atoms with Gasteiger partial charge in [-0.1, -0.05) is 18.2 Å². The van der Waals surface area contributed by atoms with Crippen molar-refractivity contribution >= 4 is 21.7 Å². The molecule has 2 heterocycles. The lowest BCUT2D eigenvalue weighted by Crippen LogP contribution is -2.32. The van der Waals surface area contributed by atoms with Crippen LogP contribution in [0.3, 0.4) is 0 Å². The van der Waals surface area contributed by atoms with Crippen molar-refractivity contribution in [2.75, 3.05) is 12.3 Å². The largest absolute Gasteiger partial charge is 0.366 e. The van der Waals surface area contributed by atoms with Crippen molar-refractivity contribution < 1.29 is 18.0 Å². The number of hydrogen-bond acceptors (Lipinski definition) is 4. The predicted octanol–water partition coefficient (Wildman–Crippen LogP) is 0.543. The summed E-state index contributed by atoms with van der Waals surface area (Å²) < 4.78 is 24.6. The number of hydrogen-bond donors (Lipinski definition) is 2. The van der Waals surface area contributed by atoms with Gasteiger partial charge in [-0.25, -0.2) is 8.42 Å². The zero-order valence-electron chi connectivity index (χ0n) is 12.2. The fraction of sp³-hybridized carbons (Fsp3) is 0.200. The third kappa shape index (κ3) is 2.85. The van der Waals surface area contributed by atoms with Gasteiger partial charge in [0.25, 0.3) is 5.91 Å². The Morgan fingerprint density at radius 1 is 1.22 bits per heavy atom. The molecule has 0 saturated heterocycles. The predicted molar refractivity (Wildman–Crippen MR) is 82.5 cm³/mol. The van der Waals surface area contributed by atoms with Crippen molar-refractivity contribution in [3.8, 4) is 0 Å². The van der Waals surface area contributed by atoms with Crippen molar-refractivity contribution in [3.63, 3.8) is 0 Å². The number of nitrogens with one attached hydrogen (secondary N) is 1. The molecule has 0 radical (unpaired) electrons. The summed E-state index contributed by atoms with van der Waals surface area (Å²) >= 11 is 0. The van der Waals surface area contributed by atoms with Gasteiger partial charge in [0.15, 0.2) is 9.84 Å². The maximum absolute atomic E-state index is 12.6. The van der Waals surface area contributed by atoms with Crippen LogP contribution >= 0.6 is 0 Å². The molecular weight excluding hydrogens is 318 g/mol. The minimum atomic E-state index is -3.41. The molecule has 23 heavy (non-hydrogen) atoms. The van der Waals surface area contributed by atoms with Crippen LogP contribution in [0.4, 0.5) is 0 Å². The maximum Gasteiger partial charge on any atom is 0.270 e. The van der Waals surface area contributed by atoms with Gasteiger partial charge in [-0.3, -0.25) is 9.59 Å². The standard InChI is InChI=1S/C15H15N3O4S/c16-14(19)11-7-12(17-8-11)15(20)18-5-6-23(21,22)13-4-2-1-3-10(13)9-18/h1-4,7-8,17H,5-6,9H2,(H2,16,19). The van der Waals surface area contributed by atoms with E-state index in [1.807, 2.05) is 0 Å². The van der Waals surface area contributed by atoms with E-state index in [0.717, 1.165) is 0 Å². The molecule has 1 aromatic heterocycles. The molecule has 0 bridgehead atoms. The van der Waals surface area contributed by atoms with E-state index in [1.165, 1.54) is 17.2 Å². The van der Waals surface area contributed by atoms with Crippen LogP contribution in [0, 0.1) is 0 Å². The Kier molecular flexibility index (Phi) is 3.69. The third-order valence-corrected chi connectivity index (χ3v) is 5.57. The summed E-state index contributed by atoms with van der Waals surface area (Å²) in [5, 5.41) is 0. The Bertz CT molecular complexity index is 886. The van der Waals surface area contributed by atoms with Crippen LogP contribution in [0.15, 0.2) is 41.4 Å². The van der Waals surface area contributed by atoms with Gasteiger partial charge in [0.05, 0.1) is 16.2 Å². The normalized spacial score (nSPS) is 16.4. The molecular formula is C15H15N3O4S. The number of primary amides is 1. The van der Waals surface area contributed by atoms with E-state index in [1.54, 1.807) is 24.3 Å². The van der Waals surface area contributed by atoms with Gasteiger partial charge in [-0.15, -0.1) is 0 Å². The molecule has 1 aromatic carbocycles. The van der Waals surface area contributed by atoms with E-state index in [-0.39, 0.29) is 40.9 Å². The molecule has 3 N–H and O–H groups in total. The van der Waals surface area contributed by atoms with Crippen LogP contribution in [0.5, 0.6) is 0 Å². The summed E-state index contributed by atoms with van der Waals surface area (Å²) in [7, 11) is -3.41. The van der Waals surface area contributed by atoms with Crippen LogP contribution in [-0.4, -0.2) is 42.4 Å². The van der Waals surface area contributed by atoms with E-state index in [4.69, 9.17) is 5.73 Å². The average molecular weight is 333 g/mol. The average Bonchev–Trinajstić information content (AvgIpc) is 2.96. The summed E-state index contributed by atoms with van der Waals surface area (Å²) in [6.45, 7) is 0.278. The molecule has 8 heteroatoms. The molecule has 120 valence electrons. The molecule has 0 unspecified atom stereocenters. The Morgan fingerprint density at radius 3 is 2.65 bits per heavy atom. The Morgan fingerprint density at radius 2 is 1.96 bits per heavy atom. The first-order valence-corrected chi connectivity index (χ1v) is 8.62. The van der Waals surface area contributed by atoms with E-state index >= 15 is 0 Å². The molecule has 7 nitrogen and oxygen atoms in total. The Balaban J connectivity index is 1.92. The SMILES string of the molecule is NC(=O)c1c[nH]c(C(=O)N2CCS(=O)(=O)c3ccccc3C2)c1. The van der Waals surface area contributed by atoms with E-state index < -0.39 is 15.7 Å². The fourth-order valence-electron chi connectivity index (χ4n) is 2.57. The number of fused-ring (bicyclic) bond motifs is 1. The van der Waals surface area contributed by atoms with E-state index in [2.05, 4.69) is 4.98 Å². The first kappa shape index (κ1) is 15.3. The van der Waals surface area contributed by atoms with Crippen molar-refractivity contribution in [1.29, 1.82) is 0 Å². The highest BCUT2D eigenvalue weighted by molar-refractivity contribution is 7.91. The molecule has 2 aromatic rings. The number of amides is 2. The molecule has 0 spiro atoms. The molecule has 0 fully saturated rings. The number of nitrogens with two attached hydrogens (primary N) is 1. The Hall–Kier alpha value is -2.61. The topological polar surface area (TPSA) is 113 Å². The fourth-order valence-corrected chi connectivity index (χ4v) is 4.07. The zero-order valence-corrected chi connectivity index (χ0v) is 13.0. The minimum Gasteiger partial charge on any atom is -0.366 e. The number of H-pyrrole nitrogens is 1. The van der Waals surface area contributed by atoms with Gasteiger partial charge in [-0.2, -0.15) is 0 Å². The first-order chi connectivity index (χ1) is 10.9.